The molecule has 60 valence electrons. The van der Waals surface area contributed by atoms with Gasteiger partial charge in [-0.1, -0.05) is 40.5 Å². The Morgan fingerprint density at radius 3 is 2.30 bits per heavy atom. The van der Waals surface area contributed by atoms with Gasteiger partial charge in [-0.3, -0.25) is 0 Å². The Labute approximate surface area is 63.8 Å². The number of carbonyl (C=O) groups is 1. The monoisotopic (exact) mass is 142 g/mol. The van der Waals surface area contributed by atoms with E-state index < -0.39 is 0 Å². The first kappa shape index (κ1) is 9.67. The molecule has 0 aliphatic carbocycles. The minimum atomic E-state index is -0.129. The fourth-order valence-electron chi connectivity index (χ4n) is 0.921. The summed E-state index contributed by atoms with van der Waals surface area (Å²) >= 11 is 0. The molecule has 0 radical (unpaired) electrons. The van der Waals surface area contributed by atoms with E-state index in [-0.39, 0.29) is 5.41 Å². The SMILES string of the molecule is CCC[C@@H](C)C(C)(C)C=O. The lowest BCUT2D eigenvalue weighted by molar-refractivity contribution is -0.116. The van der Waals surface area contributed by atoms with E-state index in [0.29, 0.717) is 5.92 Å². The molecule has 0 aliphatic heterocycles. The fourth-order valence-corrected chi connectivity index (χ4v) is 0.921. The zero-order chi connectivity index (χ0) is 8.20. The summed E-state index contributed by atoms with van der Waals surface area (Å²) in [4.78, 5) is 10.5. The normalized spacial score (nSPS) is 14.8. The van der Waals surface area contributed by atoms with Crippen LogP contribution in [0.25, 0.3) is 0 Å². The third-order valence-corrected chi connectivity index (χ3v) is 2.30. The van der Waals surface area contributed by atoms with Crippen LogP contribution in [0.15, 0.2) is 0 Å². The first-order valence-electron chi connectivity index (χ1n) is 4.01. The molecule has 0 saturated carbocycles. The van der Waals surface area contributed by atoms with E-state index in [4.69, 9.17) is 0 Å². The first-order chi connectivity index (χ1) is 4.54. The van der Waals surface area contributed by atoms with Crippen LogP contribution in [0.5, 0.6) is 0 Å². The highest BCUT2D eigenvalue weighted by Gasteiger charge is 2.23. The average molecular weight is 142 g/mol. The molecular formula is C9H18O. The maximum atomic E-state index is 10.5. The van der Waals surface area contributed by atoms with Gasteiger partial charge in [0.15, 0.2) is 0 Å². The highest BCUT2D eigenvalue weighted by Crippen LogP contribution is 2.27. The molecule has 0 saturated heterocycles. The van der Waals surface area contributed by atoms with Crippen molar-refractivity contribution >= 4 is 6.29 Å². The van der Waals surface area contributed by atoms with Crippen LogP contribution in [-0.2, 0) is 4.79 Å². The third-order valence-electron chi connectivity index (χ3n) is 2.30. The molecule has 0 unspecified atom stereocenters. The summed E-state index contributed by atoms with van der Waals surface area (Å²) in [5.41, 5.74) is -0.129. The second kappa shape index (κ2) is 3.75. The molecule has 1 atom stereocenters. The summed E-state index contributed by atoms with van der Waals surface area (Å²) in [5, 5.41) is 0. The van der Waals surface area contributed by atoms with Crippen molar-refractivity contribution in [3.05, 3.63) is 0 Å². The number of rotatable bonds is 4. The van der Waals surface area contributed by atoms with E-state index in [1.54, 1.807) is 0 Å². The van der Waals surface area contributed by atoms with Crippen molar-refractivity contribution in [3.63, 3.8) is 0 Å². The van der Waals surface area contributed by atoms with Crippen molar-refractivity contribution in [2.75, 3.05) is 0 Å². The summed E-state index contributed by atoms with van der Waals surface area (Å²) in [6.45, 7) is 8.29. The zero-order valence-electron chi connectivity index (χ0n) is 7.48. The van der Waals surface area contributed by atoms with Crippen LogP contribution in [0.3, 0.4) is 0 Å². The molecule has 0 amide bonds. The highest BCUT2D eigenvalue weighted by molar-refractivity contribution is 5.58. The molecule has 0 bridgehead atoms. The van der Waals surface area contributed by atoms with Gasteiger partial charge in [0, 0.05) is 5.41 Å². The molecule has 1 heteroatoms. The van der Waals surface area contributed by atoms with Gasteiger partial charge in [0.25, 0.3) is 0 Å². The largest absolute Gasteiger partial charge is 0.303 e. The van der Waals surface area contributed by atoms with E-state index in [1.165, 1.54) is 6.42 Å². The highest BCUT2D eigenvalue weighted by atomic mass is 16.1. The maximum Gasteiger partial charge on any atom is 0.125 e. The molecule has 10 heavy (non-hydrogen) atoms. The van der Waals surface area contributed by atoms with E-state index in [9.17, 15) is 4.79 Å². The van der Waals surface area contributed by atoms with Crippen LogP contribution in [0.4, 0.5) is 0 Å². The summed E-state index contributed by atoms with van der Waals surface area (Å²) in [6, 6.07) is 0. The summed E-state index contributed by atoms with van der Waals surface area (Å²) < 4.78 is 0. The first-order valence-corrected chi connectivity index (χ1v) is 4.01. The van der Waals surface area contributed by atoms with Gasteiger partial charge in [0.1, 0.15) is 6.29 Å². The average Bonchev–Trinajstić information content (AvgIpc) is 1.89. The molecule has 0 rings (SSSR count). The summed E-state index contributed by atoms with van der Waals surface area (Å²) in [6.07, 6.45) is 3.37. The fraction of sp³-hybridized carbons (Fsp3) is 0.889. The summed E-state index contributed by atoms with van der Waals surface area (Å²) in [7, 11) is 0. The van der Waals surface area contributed by atoms with Crippen molar-refractivity contribution < 1.29 is 4.79 Å². The number of carbonyl (C=O) groups excluding carboxylic acids is 1. The van der Waals surface area contributed by atoms with Gasteiger partial charge in [0.05, 0.1) is 0 Å². The zero-order valence-corrected chi connectivity index (χ0v) is 7.48. The Hall–Kier alpha value is -0.330. The van der Waals surface area contributed by atoms with Gasteiger partial charge in [0.2, 0.25) is 0 Å². The van der Waals surface area contributed by atoms with E-state index >= 15 is 0 Å². The Kier molecular flexibility index (Phi) is 3.62. The standard InChI is InChI=1S/C9H18O/c1-5-6-8(2)9(3,4)7-10/h7-8H,5-6H2,1-4H3/t8-/m1/s1. The van der Waals surface area contributed by atoms with Gasteiger partial charge in [-0.15, -0.1) is 0 Å². The lowest BCUT2D eigenvalue weighted by atomic mass is 9.79. The minimum absolute atomic E-state index is 0.129. The van der Waals surface area contributed by atoms with E-state index in [1.807, 2.05) is 13.8 Å². The number of hydrogen-bond acceptors (Lipinski definition) is 1. The van der Waals surface area contributed by atoms with Crippen molar-refractivity contribution in [1.29, 1.82) is 0 Å². The van der Waals surface area contributed by atoms with Crippen LogP contribution in [0, 0.1) is 11.3 Å². The Morgan fingerprint density at radius 2 is 2.00 bits per heavy atom. The van der Waals surface area contributed by atoms with Crippen molar-refractivity contribution in [3.8, 4) is 0 Å². The van der Waals surface area contributed by atoms with Gasteiger partial charge in [-0.25, -0.2) is 0 Å². The minimum Gasteiger partial charge on any atom is -0.303 e. The molecule has 0 fully saturated rings. The second-order valence-corrected chi connectivity index (χ2v) is 3.63. The van der Waals surface area contributed by atoms with Crippen LogP contribution < -0.4 is 0 Å². The summed E-state index contributed by atoms with van der Waals surface area (Å²) in [5.74, 6) is 0.509. The molecule has 0 aromatic rings. The number of aldehydes is 1. The molecule has 0 aromatic heterocycles. The lowest BCUT2D eigenvalue weighted by Crippen LogP contribution is -2.22. The second-order valence-electron chi connectivity index (χ2n) is 3.63. The molecule has 0 heterocycles. The van der Waals surface area contributed by atoms with Crippen LogP contribution >= 0.6 is 0 Å². The van der Waals surface area contributed by atoms with Gasteiger partial charge in [-0.05, 0) is 5.92 Å². The number of hydrogen-bond donors (Lipinski definition) is 0. The molecule has 1 nitrogen and oxygen atoms in total. The van der Waals surface area contributed by atoms with Gasteiger partial charge in [-0.2, -0.15) is 0 Å². The van der Waals surface area contributed by atoms with Crippen molar-refractivity contribution in [1.82, 2.24) is 0 Å². The molecular weight excluding hydrogens is 124 g/mol. The van der Waals surface area contributed by atoms with E-state index in [2.05, 4.69) is 13.8 Å². The maximum absolute atomic E-state index is 10.5. The van der Waals surface area contributed by atoms with Crippen molar-refractivity contribution in [2.45, 2.75) is 40.5 Å². The Morgan fingerprint density at radius 1 is 1.50 bits per heavy atom. The van der Waals surface area contributed by atoms with Gasteiger partial charge >= 0.3 is 0 Å². The quantitative estimate of drug-likeness (QED) is 0.551. The smallest absolute Gasteiger partial charge is 0.125 e. The topological polar surface area (TPSA) is 17.1 Å². The van der Waals surface area contributed by atoms with Crippen LogP contribution in [-0.4, -0.2) is 6.29 Å². The molecule has 0 N–H and O–H groups in total. The third kappa shape index (κ3) is 2.51. The predicted molar refractivity (Wildman–Crippen MR) is 43.9 cm³/mol. The van der Waals surface area contributed by atoms with Crippen LogP contribution in [0.2, 0.25) is 0 Å². The molecule has 0 aromatic carbocycles. The van der Waals surface area contributed by atoms with E-state index in [0.717, 1.165) is 12.7 Å². The van der Waals surface area contributed by atoms with Crippen molar-refractivity contribution in [2.24, 2.45) is 11.3 Å². The van der Waals surface area contributed by atoms with Crippen LogP contribution in [0.1, 0.15) is 40.5 Å². The van der Waals surface area contributed by atoms with Gasteiger partial charge < -0.3 is 4.79 Å². The molecule has 0 aliphatic rings. The Bertz CT molecular complexity index is 105. The Balaban J connectivity index is 3.90. The molecule has 0 spiro atoms. The predicted octanol–water partition coefficient (Wildman–Crippen LogP) is 2.65. The lowest BCUT2D eigenvalue weighted by Gasteiger charge is -2.24.